The number of rotatable bonds is 48. The second-order valence-electron chi connectivity index (χ2n) is 19.5. The van der Waals surface area contributed by atoms with Gasteiger partial charge in [-0.2, -0.15) is 0 Å². The Kier molecular flexibility index (Phi) is 45.7. The Balaban J connectivity index is 4.18. The van der Waals surface area contributed by atoms with Crippen LogP contribution in [0.3, 0.4) is 0 Å². The standard InChI is InChI=1S/C54H104O6/c1-6-7-8-9-10-11-23-29-34-39-44-52(55)58-47-51(60-54(57)46-41-36-31-26-25-28-33-38-43-50(4)5)48-59-53(56)45-40-35-30-24-21-19-17-15-13-12-14-16-18-20-22-27-32-37-42-49(2)3/h49-51H,6-48H2,1-5H3/t51-/m0/s1. The highest BCUT2D eigenvalue weighted by molar-refractivity contribution is 5.71. The number of carbonyl (C=O) groups excluding carboxylic acids is 3. The van der Waals surface area contributed by atoms with Crippen LogP contribution in [-0.4, -0.2) is 37.2 Å². The third-order valence-corrected chi connectivity index (χ3v) is 12.2. The molecule has 0 unspecified atom stereocenters. The van der Waals surface area contributed by atoms with Gasteiger partial charge in [0.15, 0.2) is 6.10 Å². The van der Waals surface area contributed by atoms with Crippen LogP contribution in [0.25, 0.3) is 0 Å². The summed E-state index contributed by atoms with van der Waals surface area (Å²) in [6.45, 7) is 11.4. The van der Waals surface area contributed by atoms with Crippen molar-refractivity contribution >= 4 is 17.9 Å². The summed E-state index contributed by atoms with van der Waals surface area (Å²) < 4.78 is 16.8. The molecule has 0 amide bonds. The van der Waals surface area contributed by atoms with Crippen molar-refractivity contribution in [1.82, 2.24) is 0 Å². The lowest BCUT2D eigenvalue weighted by atomic mass is 10.0. The maximum Gasteiger partial charge on any atom is 0.306 e. The van der Waals surface area contributed by atoms with E-state index in [9.17, 15) is 14.4 Å². The van der Waals surface area contributed by atoms with Crippen LogP contribution in [0.5, 0.6) is 0 Å². The molecule has 0 aliphatic rings. The molecule has 0 aromatic carbocycles. The van der Waals surface area contributed by atoms with Gasteiger partial charge in [-0.05, 0) is 31.1 Å². The van der Waals surface area contributed by atoms with E-state index in [2.05, 4.69) is 34.6 Å². The summed E-state index contributed by atoms with van der Waals surface area (Å²) in [5.41, 5.74) is 0. The minimum Gasteiger partial charge on any atom is -0.462 e. The van der Waals surface area contributed by atoms with Crippen molar-refractivity contribution in [2.24, 2.45) is 11.8 Å². The van der Waals surface area contributed by atoms with E-state index < -0.39 is 6.10 Å². The molecule has 6 nitrogen and oxygen atoms in total. The molecule has 0 N–H and O–H groups in total. The van der Waals surface area contributed by atoms with E-state index in [1.54, 1.807) is 0 Å². The fourth-order valence-corrected chi connectivity index (χ4v) is 8.17. The lowest BCUT2D eigenvalue weighted by Crippen LogP contribution is -2.30. The van der Waals surface area contributed by atoms with Crippen LogP contribution in [0.15, 0.2) is 0 Å². The van der Waals surface area contributed by atoms with Crippen molar-refractivity contribution in [2.75, 3.05) is 13.2 Å². The normalized spacial score (nSPS) is 12.1. The molecule has 356 valence electrons. The van der Waals surface area contributed by atoms with Gasteiger partial charge in [0.2, 0.25) is 0 Å². The van der Waals surface area contributed by atoms with E-state index in [0.717, 1.165) is 69.6 Å². The summed E-state index contributed by atoms with van der Waals surface area (Å²) in [6.07, 6.45) is 48.2. The van der Waals surface area contributed by atoms with Gasteiger partial charge in [0.1, 0.15) is 13.2 Å². The maximum absolute atomic E-state index is 12.7. The quantitative estimate of drug-likeness (QED) is 0.0345. The summed E-state index contributed by atoms with van der Waals surface area (Å²) in [7, 11) is 0. The highest BCUT2D eigenvalue weighted by Crippen LogP contribution is 2.18. The predicted molar refractivity (Wildman–Crippen MR) is 256 cm³/mol. The first kappa shape index (κ1) is 58.4. The Morgan fingerprint density at radius 3 is 0.817 bits per heavy atom. The van der Waals surface area contributed by atoms with Crippen molar-refractivity contribution in [3.8, 4) is 0 Å². The second kappa shape index (κ2) is 46.9. The van der Waals surface area contributed by atoms with Crippen molar-refractivity contribution in [3.05, 3.63) is 0 Å². The highest BCUT2D eigenvalue weighted by atomic mass is 16.6. The van der Waals surface area contributed by atoms with E-state index in [1.165, 1.54) is 186 Å². The first-order valence-electron chi connectivity index (χ1n) is 26.7. The number of unbranched alkanes of at least 4 members (excludes halogenated alkanes) is 33. The minimum absolute atomic E-state index is 0.0639. The molecular formula is C54H104O6. The van der Waals surface area contributed by atoms with Crippen LogP contribution in [-0.2, 0) is 28.6 Å². The van der Waals surface area contributed by atoms with E-state index in [-0.39, 0.29) is 31.1 Å². The zero-order chi connectivity index (χ0) is 44.0. The molecule has 60 heavy (non-hydrogen) atoms. The fourth-order valence-electron chi connectivity index (χ4n) is 8.17. The molecule has 0 fully saturated rings. The van der Waals surface area contributed by atoms with Crippen molar-refractivity contribution in [1.29, 1.82) is 0 Å². The monoisotopic (exact) mass is 849 g/mol. The SMILES string of the molecule is CCCCCCCCCCCCC(=O)OC[C@@H](COC(=O)CCCCCCCCCCCCCCCCCCCCC(C)C)OC(=O)CCCCCCCCCCC(C)C. The minimum atomic E-state index is -0.761. The number of esters is 3. The summed E-state index contributed by atoms with van der Waals surface area (Å²) in [6, 6.07) is 0. The second-order valence-corrected chi connectivity index (χ2v) is 19.5. The Bertz CT molecular complexity index is 916. The number of hydrogen-bond acceptors (Lipinski definition) is 6. The lowest BCUT2D eigenvalue weighted by Gasteiger charge is -2.18. The van der Waals surface area contributed by atoms with Crippen molar-refractivity contribution in [2.45, 2.75) is 304 Å². The Morgan fingerprint density at radius 1 is 0.317 bits per heavy atom. The molecule has 1 atom stereocenters. The number of carbonyl (C=O) groups is 3. The molecule has 6 heteroatoms. The summed E-state index contributed by atoms with van der Waals surface area (Å²) >= 11 is 0. The van der Waals surface area contributed by atoms with Crippen LogP contribution in [0.2, 0.25) is 0 Å². The Morgan fingerprint density at radius 2 is 0.550 bits per heavy atom. The smallest absolute Gasteiger partial charge is 0.306 e. The largest absolute Gasteiger partial charge is 0.462 e. The van der Waals surface area contributed by atoms with Gasteiger partial charge in [0, 0.05) is 19.3 Å². The molecule has 0 aromatic rings. The molecule has 0 aromatic heterocycles. The molecule has 0 aliphatic heterocycles. The van der Waals surface area contributed by atoms with E-state index in [0.29, 0.717) is 19.3 Å². The van der Waals surface area contributed by atoms with Crippen molar-refractivity contribution < 1.29 is 28.6 Å². The predicted octanol–water partition coefficient (Wildman–Crippen LogP) is 17.3. The number of hydrogen-bond donors (Lipinski definition) is 0. The fraction of sp³-hybridized carbons (Fsp3) is 0.944. The summed E-state index contributed by atoms with van der Waals surface area (Å²) in [5.74, 6) is 0.802. The zero-order valence-corrected chi connectivity index (χ0v) is 41.1. The molecule has 0 spiro atoms. The molecule has 0 rings (SSSR count). The lowest BCUT2D eigenvalue weighted by molar-refractivity contribution is -0.167. The topological polar surface area (TPSA) is 78.9 Å². The van der Waals surface area contributed by atoms with Crippen molar-refractivity contribution in [3.63, 3.8) is 0 Å². The average molecular weight is 849 g/mol. The van der Waals surface area contributed by atoms with Crippen LogP contribution in [0.4, 0.5) is 0 Å². The first-order valence-corrected chi connectivity index (χ1v) is 26.7. The zero-order valence-electron chi connectivity index (χ0n) is 41.1. The first-order chi connectivity index (χ1) is 29.2. The van der Waals surface area contributed by atoms with Gasteiger partial charge in [-0.1, -0.05) is 259 Å². The average Bonchev–Trinajstić information content (AvgIpc) is 3.22. The van der Waals surface area contributed by atoms with Gasteiger partial charge in [-0.15, -0.1) is 0 Å². The maximum atomic E-state index is 12.7. The molecule has 0 bridgehead atoms. The molecule has 0 saturated heterocycles. The number of ether oxygens (including phenoxy) is 3. The molecule has 0 radical (unpaired) electrons. The van der Waals surface area contributed by atoms with Gasteiger partial charge < -0.3 is 14.2 Å². The Hall–Kier alpha value is -1.59. The van der Waals surface area contributed by atoms with Gasteiger partial charge >= 0.3 is 17.9 Å². The third-order valence-electron chi connectivity index (χ3n) is 12.2. The van der Waals surface area contributed by atoms with Crippen LogP contribution < -0.4 is 0 Å². The van der Waals surface area contributed by atoms with Gasteiger partial charge in [-0.25, -0.2) is 0 Å². The van der Waals surface area contributed by atoms with Crippen LogP contribution in [0, 0.1) is 11.8 Å². The third kappa shape index (κ3) is 47.5. The summed E-state index contributed by atoms with van der Waals surface area (Å²) in [5, 5.41) is 0. The Labute approximate surface area is 374 Å². The van der Waals surface area contributed by atoms with Gasteiger partial charge in [0.05, 0.1) is 0 Å². The van der Waals surface area contributed by atoms with Crippen LogP contribution >= 0.6 is 0 Å². The van der Waals surface area contributed by atoms with Gasteiger partial charge in [0.25, 0.3) is 0 Å². The van der Waals surface area contributed by atoms with E-state index in [4.69, 9.17) is 14.2 Å². The molecule has 0 aliphatic carbocycles. The van der Waals surface area contributed by atoms with E-state index >= 15 is 0 Å². The van der Waals surface area contributed by atoms with E-state index in [1.807, 2.05) is 0 Å². The molecule has 0 heterocycles. The summed E-state index contributed by atoms with van der Waals surface area (Å²) in [4.78, 5) is 37.9. The van der Waals surface area contributed by atoms with Gasteiger partial charge in [-0.3, -0.25) is 14.4 Å². The molecule has 0 saturated carbocycles. The molecular weight excluding hydrogens is 745 g/mol. The highest BCUT2D eigenvalue weighted by Gasteiger charge is 2.19. The van der Waals surface area contributed by atoms with Crippen LogP contribution in [0.1, 0.15) is 298 Å².